The third-order valence-electron chi connectivity index (χ3n) is 3.96. The second kappa shape index (κ2) is 5.73. The van der Waals surface area contributed by atoms with Gasteiger partial charge in [0.25, 0.3) is 0 Å². The summed E-state index contributed by atoms with van der Waals surface area (Å²) in [7, 11) is 0. The van der Waals surface area contributed by atoms with E-state index in [2.05, 4.69) is 0 Å². The molecular weight excluding hydrogens is 260 g/mol. The molecule has 108 valence electrons. The molecule has 2 amide bonds. The maximum Gasteiger partial charge on any atom is 0.226 e. The molecule has 0 aromatic heterocycles. The highest BCUT2D eigenvalue weighted by Gasteiger charge is 2.50. The van der Waals surface area contributed by atoms with Gasteiger partial charge in [-0.15, -0.1) is 11.8 Å². The predicted octanol–water partition coefficient (Wildman–Crippen LogP) is 1.95. The van der Waals surface area contributed by atoms with Crippen molar-refractivity contribution in [1.82, 2.24) is 9.80 Å². The third kappa shape index (κ3) is 2.76. The van der Waals surface area contributed by atoms with E-state index in [1.54, 1.807) is 0 Å². The summed E-state index contributed by atoms with van der Waals surface area (Å²) >= 11 is 1.86. The van der Waals surface area contributed by atoms with Crippen LogP contribution in [0.15, 0.2) is 0 Å². The lowest BCUT2D eigenvalue weighted by molar-refractivity contribution is -0.138. The zero-order valence-electron chi connectivity index (χ0n) is 12.1. The maximum absolute atomic E-state index is 12.3. The largest absolute Gasteiger partial charge is 0.339 e. The molecule has 0 aliphatic carbocycles. The van der Waals surface area contributed by atoms with Gasteiger partial charge < -0.3 is 9.80 Å². The molecular formula is C14H24N2O2S. The van der Waals surface area contributed by atoms with Crippen LogP contribution in [0.5, 0.6) is 0 Å². The van der Waals surface area contributed by atoms with Crippen molar-refractivity contribution in [1.29, 1.82) is 0 Å². The van der Waals surface area contributed by atoms with Crippen molar-refractivity contribution in [2.75, 3.05) is 25.4 Å². The average Bonchev–Trinajstić information content (AvgIpc) is 2.97. The van der Waals surface area contributed by atoms with Crippen LogP contribution in [0.2, 0.25) is 0 Å². The van der Waals surface area contributed by atoms with E-state index in [1.807, 2.05) is 42.3 Å². The predicted molar refractivity (Wildman–Crippen MR) is 77.8 cm³/mol. The summed E-state index contributed by atoms with van der Waals surface area (Å²) in [5.41, 5.74) is 0. The van der Waals surface area contributed by atoms with Crippen molar-refractivity contribution in [3.63, 3.8) is 0 Å². The van der Waals surface area contributed by atoms with Crippen LogP contribution in [-0.2, 0) is 9.59 Å². The minimum atomic E-state index is -0.134. The second-order valence-corrected chi connectivity index (χ2v) is 7.21. The maximum atomic E-state index is 12.3. The van der Waals surface area contributed by atoms with E-state index in [0.29, 0.717) is 6.42 Å². The molecule has 2 rings (SSSR count). The standard InChI is InChI=1S/C14H24N2O2S/c1-4-5-12(17)15-7-6-14(10-15)16(8-9-19-14)13(18)11(2)3/h11H,4-10H2,1-3H3. The minimum Gasteiger partial charge on any atom is -0.339 e. The molecule has 2 aliphatic rings. The molecule has 4 nitrogen and oxygen atoms in total. The Hall–Kier alpha value is -0.710. The van der Waals surface area contributed by atoms with Crippen molar-refractivity contribution in [3.05, 3.63) is 0 Å². The summed E-state index contributed by atoms with van der Waals surface area (Å²) < 4.78 is 0. The lowest BCUT2D eigenvalue weighted by atomic mass is 10.1. The summed E-state index contributed by atoms with van der Waals surface area (Å²) in [5, 5.41) is 0. The van der Waals surface area contributed by atoms with Gasteiger partial charge in [-0.05, 0) is 12.8 Å². The zero-order chi connectivity index (χ0) is 14.0. The van der Waals surface area contributed by atoms with Gasteiger partial charge in [0, 0.05) is 31.2 Å². The number of likely N-dealkylation sites (tertiary alicyclic amines) is 1. The molecule has 0 saturated carbocycles. The lowest BCUT2D eigenvalue weighted by Gasteiger charge is -2.35. The molecule has 0 aromatic rings. The molecule has 0 radical (unpaired) electrons. The molecule has 0 aromatic carbocycles. The van der Waals surface area contributed by atoms with Gasteiger partial charge in [0.2, 0.25) is 11.8 Å². The molecule has 0 N–H and O–H groups in total. The molecule has 2 fully saturated rings. The molecule has 19 heavy (non-hydrogen) atoms. The Morgan fingerprint density at radius 1 is 1.32 bits per heavy atom. The van der Waals surface area contributed by atoms with Gasteiger partial charge in [0.15, 0.2) is 0 Å². The monoisotopic (exact) mass is 284 g/mol. The molecule has 1 atom stereocenters. The first kappa shape index (κ1) is 14.7. The van der Waals surface area contributed by atoms with Crippen molar-refractivity contribution >= 4 is 23.6 Å². The SMILES string of the molecule is CCCC(=O)N1CCC2(C1)SCCN2C(=O)C(C)C. The molecule has 5 heteroatoms. The van der Waals surface area contributed by atoms with Gasteiger partial charge in [0.05, 0.1) is 6.54 Å². The number of amides is 2. The van der Waals surface area contributed by atoms with Gasteiger partial charge in [-0.25, -0.2) is 0 Å². The molecule has 2 aliphatic heterocycles. The number of thioether (sulfide) groups is 1. The Morgan fingerprint density at radius 2 is 2.05 bits per heavy atom. The van der Waals surface area contributed by atoms with E-state index in [4.69, 9.17) is 0 Å². The second-order valence-electron chi connectivity index (χ2n) is 5.75. The smallest absolute Gasteiger partial charge is 0.226 e. The Kier molecular flexibility index (Phi) is 4.43. The summed E-state index contributed by atoms with van der Waals surface area (Å²) in [6.45, 7) is 8.28. The molecule has 0 bridgehead atoms. The number of carbonyl (C=O) groups is 2. The fourth-order valence-corrected chi connectivity index (χ4v) is 4.39. The number of rotatable bonds is 3. The van der Waals surface area contributed by atoms with Gasteiger partial charge in [-0.1, -0.05) is 20.8 Å². The first-order valence-electron chi connectivity index (χ1n) is 7.23. The van der Waals surface area contributed by atoms with Crippen LogP contribution in [0.25, 0.3) is 0 Å². The quantitative estimate of drug-likeness (QED) is 0.795. The van der Waals surface area contributed by atoms with E-state index in [-0.39, 0.29) is 22.6 Å². The van der Waals surface area contributed by atoms with Crippen molar-refractivity contribution in [2.45, 2.75) is 44.9 Å². The van der Waals surface area contributed by atoms with E-state index >= 15 is 0 Å². The zero-order valence-corrected chi connectivity index (χ0v) is 13.0. The van der Waals surface area contributed by atoms with Gasteiger partial charge in [-0.2, -0.15) is 0 Å². The third-order valence-corrected chi connectivity index (χ3v) is 5.44. The van der Waals surface area contributed by atoms with Crippen LogP contribution in [0.4, 0.5) is 0 Å². The number of carbonyl (C=O) groups excluding carboxylic acids is 2. The highest BCUT2D eigenvalue weighted by Crippen LogP contribution is 2.43. The number of hydrogen-bond acceptors (Lipinski definition) is 3. The molecule has 1 spiro atoms. The highest BCUT2D eigenvalue weighted by atomic mass is 32.2. The van der Waals surface area contributed by atoms with Crippen molar-refractivity contribution in [2.24, 2.45) is 5.92 Å². The van der Waals surface area contributed by atoms with E-state index < -0.39 is 0 Å². The minimum absolute atomic E-state index is 0.0379. The number of hydrogen-bond donors (Lipinski definition) is 0. The Morgan fingerprint density at radius 3 is 2.68 bits per heavy atom. The molecule has 2 heterocycles. The van der Waals surface area contributed by atoms with Crippen LogP contribution in [0.3, 0.4) is 0 Å². The first-order chi connectivity index (χ1) is 9.00. The lowest BCUT2D eigenvalue weighted by Crippen LogP contribution is -2.49. The summed E-state index contributed by atoms with van der Waals surface area (Å²) in [4.78, 5) is 28.2. The van der Waals surface area contributed by atoms with E-state index in [1.165, 1.54) is 0 Å². The van der Waals surface area contributed by atoms with Crippen molar-refractivity contribution < 1.29 is 9.59 Å². The van der Waals surface area contributed by atoms with E-state index in [9.17, 15) is 9.59 Å². The Labute approximate surface area is 119 Å². The Balaban J connectivity index is 2.07. The summed E-state index contributed by atoms with van der Waals surface area (Å²) in [6.07, 6.45) is 2.44. The fraction of sp³-hybridized carbons (Fsp3) is 0.857. The number of nitrogens with zero attached hydrogens (tertiary/aromatic N) is 2. The van der Waals surface area contributed by atoms with Crippen LogP contribution in [0.1, 0.15) is 40.0 Å². The first-order valence-corrected chi connectivity index (χ1v) is 8.22. The van der Waals surface area contributed by atoms with Gasteiger partial charge in [0.1, 0.15) is 4.87 Å². The molecule has 2 saturated heterocycles. The Bertz CT molecular complexity index is 372. The van der Waals surface area contributed by atoms with Gasteiger partial charge in [-0.3, -0.25) is 9.59 Å². The topological polar surface area (TPSA) is 40.6 Å². The average molecular weight is 284 g/mol. The van der Waals surface area contributed by atoms with Crippen LogP contribution in [-0.4, -0.2) is 51.9 Å². The molecule has 1 unspecified atom stereocenters. The van der Waals surface area contributed by atoms with Crippen LogP contribution < -0.4 is 0 Å². The van der Waals surface area contributed by atoms with E-state index in [0.717, 1.165) is 38.2 Å². The highest BCUT2D eigenvalue weighted by molar-refractivity contribution is 8.00. The van der Waals surface area contributed by atoms with Crippen LogP contribution >= 0.6 is 11.8 Å². The fourth-order valence-electron chi connectivity index (χ4n) is 2.92. The van der Waals surface area contributed by atoms with Crippen LogP contribution in [0, 0.1) is 5.92 Å². The van der Waals surface area contributed by atoms with Crippen molar-refractivity contribution in [3.8, 4) is 0 Å². The normalized spacial score (nSPS) is 26.7. The summed E-state index contributed by atoms with van der Waals surface area (Å²) in [5.74, 6) is 1.50. The van der Waals surface area contributed by atoms with Gasteiger partial charge >= 0.3 is 0 Å². The summed E-state index contributed by atoms with van der Waals surface area (Å²) in [6, 6.07) is 0.